The second-order valence-corrected chi connectivity index (χ2v) is 2.93. The standard InChI is InChI=1S/C9H6ClNO/c10-8-2-1-6(5-12)7-3-4-11-9(7)8/h1-5,11H. The Kier molecular flexibility index (Phi) is 1.62. The van der Waals surface area contributed by atoms with Crippen LogP contribution in [0.4, 0.5) is 0 Å². The number of carbonyl (C=O) groups is 1. The van der Waals surface area contributed by atoms with Crippen molar-refractivity contribution in [1.29, 1.82) is 0 Å². The third-order valence-electron chi connectivity index (χ3n) is 1.83. The predicted molar refractivity (Wildman–Crippen MR) is 48.7 cm³/mol. The summed E-state index contributed by atoms with van der Waals surface area (Å²) in [6, 6.07) is 5.26. The number of hydrogen-bond acceptors (Lipinski definition) is 1. The van der Waals surface area contributed by atoms with Crippen LogP contribution in [0.25, 0.3) is 10.9 Å². The van der Waals surface area contributed by atoms with Gasteiger partial charge in [0.15, 0.2) is 6.29 Å². The topological polar surface area (TPSA) is 32.9 Å². The maximum atomic E-state index is 10.6. The Morgan fingerprint density at radius 2 is 2.17 bits per heavy atom. The van der Waals surface area contributed by atoms with Gasteiger partial charge in [-0.05, 0) is 18.2 Å². The first-order valence-corrected chi connectivity index (χ1v) is 3.91. The van der Waals surface area contributed by atoms with Crippen molar-refractivity contribution in [3.63, 3.8) is 0 Å². The van der Waals surface area contributed by atoms with E-state index in [4.69, 9.17) is 11.6 Å². The van der Waals surface area contributed by atoms with Crippen LogP contribution in [0.5, 0.6) is 0 Å². The number of aldehydes is 1. The van der Waals surface area contributed by atoms with Gasteiger partial charge in [-0.2, -0.15) is 0 Å². The van der Waals surface area contributed by atoms with E-state index in [1.54, 1.807) is 18.3 Å². The Morgan fingerprint density at radius 3 is 2.92 bits per heavy atom. The van der Waals surface area contributed by atoms with E-state index in [9.17, 15) is 4.79 Å². The number of aromatic nitrogens is 1. The van der Waals surface area contributed by atoms with Gasteiger partial charge in [0.2, 0.25) is 0 Å². The van der Waals surface area contributed by atoms with E-state index in [2.05, 4.69) is 4.98 Å². The maximum absolute atomic E-state index is 10.6. The maximum Gasteiger partial charge on any atom is 0.150 e. The van der Waals surface area contributed by atoms with Crippen LogP contribution in [0.2, 0.25) is 5.02 Å². The highest BCUT2D eigenvalue weighted by Crippen LogP contribution is 2.23. The highest BCUT2D eigenvalue weighted by molar-refractivity contribution is 6.35. The fraction of sp³-hybridized carbons (Fsp3) is 0. The van der Waals surface area contributed by atoms with Gasteiger partial charge in [0.05, 0.1) is 10.5 Å². The van der Waals surface area contributed by atoms with Crippen LogP contribution in [0.1, 0.15) is 10.4 Å². The molecule has 1 aromatic heterocycles. The van der Waals surface area contributed by atoms with Gasteiger partial charge in [-0.25, -0.2) is 0 Å². The number of rotatable bonds is 1. The molecule has 2 aromatic rings. The highest BCUT2D eigenvalue weighted by Gasteiger charge is 2.03. The molecule has 0 aliphatic carbocycles. The molecule has 0 spiro atoms. The van der Waals surface area contributed by atoms with E-state index in [1.807, 2.05) is 6.07 Å². The third kappa shape index (κ3) is 0.924. The normalized spacial score (nSPS) is 10.4. The molecule has 0 radical (unpaired) electrons. The third-order valence-corrected chi connectivity index (χ3v) is 2.15. The summed E-state index contributed by atoms with van der Waals surface area (Å²) in [5.41, 5.74) is 1.48. The summed E-state index contributed by atoms with van der Waals surface area (Å²) in [5, 5.41) is 1.51. The number of nitrogens with one attached hydrogen (secondary N) is 1. The lowest BCUT2D eigenvalue weighted by Crippen LogP contribution is -1.80. The van der Waals surface area contributed by atoms with Gasteiger partial charge < -0.3 is 4.98 Å². The molecule has 0 aliphatic rings. The minimum Gasteiger partial charge on any atom is -0.360 e. The second-order valence-electron chi connectivity index (χ2n) is 2.52. The van der Waals surface area contributed by atoms with Gasteiger partial charge in [0, 0.05) is 17.1 Å². The van der Waals surface area contributed by atoms with Gasteiger partial charge in [0.1, 0.15) is 0 Å². The van der Waals surface area contributed by atoms with Gasteiger partial charge in [-0.1, -0.05) is 11.6 Å². The molecule has 0 unspecified atom stereocenters. The van der Waals surface area contributed by atoms with Crippen LogP contribution >= 0.6 is 11.6 Å². The van der Waals surface area contributed by atoms with Gasteiger partial charge >= 0.3 is 0 Å². The van der Waals surface area contributed by atoms with E-state index in [0.29, 0.717) is 10.6 Å². The van der Waals surface area contributed by atoms with Crippen LogP contribution in [0, 0.1) is 0 Å². The monoisotopic (exact) mass is 179 g/mol. The molecule has 3 heteroatoms. The predicted octanol–water partition coefficient (Wildman–Crippen LogP) is 2.63. The van der Waals surface area contributed by atoms with Gasteiger partial charge in [-0.15, -0.1) is 0 Å². The molecule has 0 amide bonds. The molecule has 2 rings (SSSR count). The summed E-state index contributed by atoms with van der Waals surface area (Å²) < 4.78 is 0. The average molecular weight is 180 g/mol. The number of fused-ring (bicyclic) bond motifs is 1. The van der Waals surface area contributed by atoms with Crippen LogP contribution in [-0.2, 0) is 0 Å². The smallest absolute Gasteiger partial charge is 0.150 e. The molecule has 12 heavy (non-hydrogen) atoms. The molecule has 0 saturated heterocycles. The molecule has 0 atom stereocenters. The van der Waals surface area contributed by atoms with Crippen LogP contribution in [0.3, 0.4) is 0 Å². The molecule has 0 aliphatic heterocycles. The molecule has 0 saturated carbocycles. The van der Waals surface area contributed by atoms with E-state index >= 15 is 0 Å². The fourth-order valence-corrected chi connectivity index (χ4v) is 1.47. The minimum absolute atomic E-state index is 0.639. The second kappa shape index (κ2) is 2.64. The number of benzene rings is 1. The first-order chi connectivity index (χ1) is 5.83. The molecule has 60 valence electrons. The van der Waals surface area contributed by atoms with Crippen molar-refractivity contribution in [2.75, 3.05) is 0 Å². The number of carbonyl (C=O) groups excluding carboxylic acids is 1. The van der Waals surface area contributed by atoms with E-state index in [0.717, 1.165) is 17.2 Å². The van der Waals surface area contributed by atoms with Crippen molar-refractivity contribution in [2.24, 2.45) is 0 Å². The first-order valence-electron chi connectivity index (χ1n) is 3.53. The van der Waals surface area contributed by atoms with Crippen LogP contribution in [-0.4, -0.2) is 11.3 Å². The summed E-state index contributed by atoms with van der Waals surface area (Å²) in [6.45, 7) is 0. The lowest BCUT2D eigenvalue weighted by Gasteiger charge is -1.95. The van der Waals surface area contributed by atoms with Crippen molar-refractivity contribution in [3.8, 4) is 0 Å². The van der Waals surface area contributed by atoms with Gasteiger partial charge in [0.25, 0.3) is 0 Å². The van der Waals surface area contributed by atoms with E-state index in [-0.39, 0.29) is 0 Å². The zero-order valence-corrected chi connectivity index (χ0v) is 6.93. The summed E-state index contributed by atoms with van der Waals surface area (Å²) in [6.07, 6.45) is 2.59. The lowest BCUT2D eigenvalue weighted by molar-refractivity contribution is 0.112. The SMILES string of the molecule is O=Cc1ccc(Cl)c2[nH]ccc12. The molecular formula is C9H6ClNO. The molecule has 2 nitrogen and oxygen atoms in total. The summed E-state index contributed by atoms with van der Waals surface area (Å²) in [4.78, 5) is 13.5. The largest absolute Gasteiger partial charge is 0.360 e. The van der Waals surface area contributed by atoms with Crippen molar-refractivity contribution in [2.45, 2.75) is 0 Å². The zero-order chi connectivity index (χ0) is 8.55. The number of halogens is 1. The summed E-state index contributed by atoms with van der Waals surface area (Å²) >= 11 is 5.88. The van der Waals surface area contributed by atoms with Gasteiger partial charge in [-0.3, -0.25) is 4.79 Å². The average Bonchev–Trinajstić information content (AvgIpc) is 2.54. The molecule has 1 aromatic carbocycles. The number of hydrogen-bond donors (Lipinski definition) is 1. The Bertz CT molecular complexity index is 433. The van der Waals surface area contributed by atoms with Crippen molar-refractivity contribution in [3.05, 3.63) is 35.0 Å². The van der Waals surface area contributed by atoms with Crippen LogP contribution < -0.4 is 0 Å². The highest BCUT2D eigenvalue weighted by atomic mass is 35.5. The van der Waals surface area contributed by atoms with E-state index in [1.165, 1.54) is 0 Å². The van der Waals surface area contributed by atoms with Crippen LogP contribution in [0.15, 0.2) is 24.4 Å². The van der Waals surface area contributed by atoms with Crippen molar-refractivity contribution >= 4 is 28.8 Å². The molecular weight excluding hydrogens is 174 g/mol. The Morgan fingerprint density at radius 1 is 1.33 bits per heavy atom. The lowest BCUT2D eigenvalue weighted by atomic mass is 10.1. The number of aromatic amines is 1. The molecule has 1 N–H and O–H groups in total. The first kappa shape index (κ1) is 7.37. The Balaban J connectivity index is 2.91. The summed E-state index contributed by atoms with van der Waals surface area (Å²) in [7, 11) is 0. The van der Waals surface area contributed by atoms with E-state index < -0.39 is 0 Å². The fourth-order valence-electron chi connectivity index (χ4n) is 1.25. The Hall–Kier alpha value is -1.28. The quantitative estimate of drug-likeness (QED) is 0.671. The molecule has 1 heterocycles. The summed E-state index contributed by atoms with van der Waals surface area (Å²) in [5.74, 6) is 0. The zero-order valence-electron chi connectivity index (χ0n) is 6.17. The van der Waals surface area contributed by atoms with Crippen molar-refractivity contribution < 1.29 is 4.79 Å². The number of H-pyrrole nitrogens is 1. The minimum atomic E-state index is 0.639. The molecule has 0 fully saturated rings. The Labute approximate surface area is 74.2 Å². The molecule has 0 bridgehead atoms. The van der Waals surface area contributed by atoms with Crippen molar-refractivity contribution in [1.82, 2.24) is 4.98 Å².